The second-order valence-electron chi connectivity index (χ2n) is 5.37. The minimum atomic E-state index is 1.15. The number of rotatable bonds is 1. The van der Waals surface area contributed by atoms with Crippen molar-refractivity contribution < 1.29 is 0 Å². The van der Waals surface area contributed by atoms with Crippen LogP contribution in [0.2, 0.25) is 0 Å². The Labute approximate surface area is 132 Å². The minimum absolute atomic E-state index is 1.15. The van der Waals surface area contributed by atoms with Crippen molar-refractivity contribution in [2.24, 2.45) is 0 Å². The predicted molar refractivity (Wildman–Crippen MR) is 97.3 cm³/mol. The highest BCUT2D eigenvalue weighted by Crippen LogP contribution is 2.10. The summed E-state index contributed by atoms with van der Waals surface area (Å²) in [5.41, 5.74) is 8.35. The molecule has 0 aliphatic heterocycles. The van der Waals surface area contributed by atoms with Crippen LogP contribution in [-0.2, 0) is 6.42 Å². The van der Waals surface area contributed by atoms with Gasteiger partial charge in [0.2, 0.25) is 0 Å². The lowest BCUT2D eigenvalue weighted by atomic mass is 10.0. The summed E-state index contributed by atoms with van der Waals surface area (Å²) in [7, 11) is 0. The first-order valence-electron chi connectivity index (χ1n) is 8.04. The molecule has 0 spiro atoms. The lowest BCUT2D eigenvalue weighted by Gasteiger charge is -2.02. The number of aryl methyl sites for hydroxylation is 6. The molecule has 0 nitrogen and oxygen atoms in total. The second kappa shape index (κ2) is 10.2. The molecule has 21 heavy (non-hydrogen) atoms. The zero-order valence-corrected chi connectivity index (χ0v) is 15.2. The Morgan fingerprint density at radius 3 is 1.48 bits per heavy atom. The quantitative estimate of drug-likeness (QED) is 0.560. The molecule has 0 aromatic heterocycles. The second-order valence-corrected chi connectivity index (χ2v) is 5.37. The van der Waals surface area contributed by atoms with Crippen molar-refractivity contribution in [3.05, 3.63) is 69.8 Å². The van der Waals surface area contributed by atoms with Crippen LogP contribution in [0.25, 0.3) is 0 Å². The fourth-order valence-electron chi connectivity index (χ4n) is 2.07. The van der Waals surface area contributed by atoms with Crippen molar-refractivity contribution in [3.63, 3.8) is 0 Å². The average molecular weight is 284 g/mol. The molecule has 2 aromatic rings. The minimum Gasteiger partial charge on any atom is -0.0683 e. The van der Waals surface area contributed by atoms with Crippen molar-refractivity contribution >= 4 is 0 Å². The lowest BCUT2D eigenvalue weighted by molar-refractivity contribution is 1.10. The highest BCUT2D eigenvalue weighted by Gasteiger charge is 1.93. The van der Waals surface area contributed by atoms with Crippen LogP contribution in [0.1, 0.15) is 54.2 Å². The average Bonchev–Trinajstić information content (AvgIpc) is 2.48. The van der Waals surface area contributed by atoms with Crippen molar-refractivity contribution in [1.29, 1.82) is 0 Å². The van der Waals surface area contributed by atoms with Crippen LogP contribution >= 0.6 is 0 Å². The van der Waals surface area contributed by atoms with Crippen LogP contribution in [0.3, 0.4) is 0 Å². The maximum atomic E-state index is 2.26. The van der Waals surface area contributed by atoms with Gasteiger partial charge < -0.3 is 0 Å². The zero-order chi connectivity index (χ0) is 16.4. The van der Waals surface area contributed by atoms with Gasteiger partial charge in [-0.2, -0.15) is 0 Å². The first-order chi connectivity index (χ1) is 9.93. The van der Waals surface area contributed by atoms with Gasteiger partial charge in [0.15, 0.2) is 0 Å². The first-order valence-corrected chi connectivity index (χ1v) is 8.04. The summed E-state index contributed by atoms with van der Waals surface area (Å²) in [6.45, 7) is 16.9. The lowest BCUT2D eigenvalue weighted by Crippen LogP contribution is -1.86. The van der Waals surface area contributed by atoms with E-state index in [9.17, 15) is 0 Å². The molecular formula is C21H32. The van der Waals surface area contributed by atoms with Gasteiger partial charge in [-0.05, 0) is 63.3 Å². The Morgan fingerprint density at radius 2 is 1.10 bits per heavy atom. The van der Waals surface area contributed by atoms with E-state index in [0.717, 1.165) is 6.42 Å². The number of hydrogen-bond acceptors (Lipinski definition) is 0. The van der Waals surface area contributed by atoms with E-state index >= 15 is 0 Å². The fraction of sp³-hybridized carbons (Fsp3) is 0.429. The Bertz CT molecular complexity index is 536. The Balaban J connectivity index is 0.000000342. The van der Waals surface area contributed by atoms with E-state index in [1.54, 1.807) is 0 Å². The van der Waals surface area contributed by atoms with Gasteiger partial charge in [0, 0.05) is 0 Å². The molecule has 0 bridgehead atoms. The largest absolute Gasteiger partial charge is 0.0683 e. The van der Waals surface area contributed by atoms with Gasteiger partial charge in [-0.15, -0.1) is 0 Å². The van der Waals surface area contributed by atoms with E-state index in [-0.39, 0.29) is 0 Å². The molecule has 0 saturated carbocycles. The molecule has 2 aromatic carbocycles. The van der Waals surface area contributed by atoms with Gasteiger partial charge in [-0.1, -0.05) is 68.3 Å². The smallest absolute Gasteiger partial charge is 0.0305 e. The molecule has 0 amide bonds. The van der Waals surface area contributed by atoms with Crippen molar-refractivity contribution in [2.75, 3.05) is 0 Å². The summed E-state index contributed by atoms with van der Waals surface area (Å²) < 4.78 is 0. The molecule has 0 aliphatic rings. The molecule has 0 atom stereocenters. The van der Waals surface area contributed by atoms with E-state index in [2.05, 4.69) is 77.9 Å². The molecule has 2 rings (SSSR count). The van der Waals surface area contributed by atoms with E-state index in [4.69, 9.17) is 0 Å². The SMILES string of the molecule is CC.CCc1cc(C)ccc1C.Cc1ccc(C)c(C)c1. The van der Waals surface area contributed by atoms with E-state index in [0.29, 0.717) is 0 Å². The fourth-order valence-corrected chi connectivity index (χ4v) is 2.07. The highest BCUT2D eigenvalue weighted by molar-refractivity contribution is 5.30. The summed E-state index contributed by atoms with van der Waals surface area (Å²) >= 11 is 0. The molecule has 0 unspecified atom stereocenters. The maximum absolute atomic E-state index is 2.26. The molecule has 0 fully saturated rings. The third kappa shape index (κ3) is 7.13. The standard InChI is InChI=1S/C10H14.C9H12.C2H6/c1-4-10-7-8(2)5-6-9(10)3;1-7-4-5-8(2)9(3)6-7;1-2/h5-7H,4H2,1-3H3;4-6H,1-3H3;1-2H3. The Morgan fingerprint density at radius 1 is 0.619 bits per heavy atom. The summed E-state index contributed by atoms with van der Waals surface area (Å²) in [4.78, 5) is 0. The molecule has 0 saturated heterocycles. The van der Waals surface area contributed by atoms with Crippen LogP contribution in [-0.4, -0.2) is 0 Å². The third-order valence-electron chi connectivity index (χ3n) is 3.55. The van der Waals surface area contributed by atoms with Gasteiger partial charge in [0.05, 0.1) is 0 Å². The van der Waals surface area contributed by atoms with Gasteiger partial charge in [-0.25, -0.2) is 0 Å². The van der Waals surface area contributed by atoms with Gasteiger partial charge in [-0.3, -0.25) is 0 Å². The maximum Gasteiger partial charge on any atom is -0.0305 e. The molecule has 0 heteroatoms. The number of hydrogen-bond donors (Lipinski definition) is 0. The zero-order valence-electron chi connectivity index (χ0n) is 15.2. The molecule has 0 radical (unpaired) electrons. The topological polar surface area (TPSA) is 0 Å². The van der Waals surface area contributed by atoms with Crippen molar-refractivity contribution in [3.8, 4) is 0 Å². The summed E-state index contributed by atoms with van der Waals surface area (Å²) in [5.74, 6) is 0. The van der Waals surface area contributed by atoms with E-state index in [1.165, 1.54) is 33.4 Å². The predicted octanol–water partition coefficient (Wildman–Crippen LogP) is 6.50. The van der Waals surface area contributed by atoms with Crippen LogP contribution in [0, 0.1) is 34.6 Å². The monoisotopic (exact) mass is 284 g/mol. The molecule has 0 heterocycles. The molecule has 116 valence electrons. The van der Waals surface area contributed by atoms with Gasteiger partial charge in [0.1, 0.15) is 0 Å². The summed E-state index contributed by atoms with van der Waals surface area (Å²) in [5, 5.41) is 0. The Kier molecular flexibility index (Phi) is 9.45. The Hall–Kier alpha value is -1.56. The molecule has 0 aliphatic carbocycles. The van der Waals surface area contributed by atoms with Gasteiger partial charge in [0.25, 0.3) is 0 Å². The van der Waals surface area contributed by atoms with Crippen LogP contribution in [0.15, 0.2) is 36.4 Å². The van der Waals surface area contributed by atoms with E-state index < -0.39 is 0 Å². The van der Waals surface area contributed by atoms with Gasteiger partial charge >= 0.3 is 0 Å². The summed E-state index contributed by atoms with van der Waals surface area (Å²) in [6, 6.07) is 13.1. The van der Waals surface area contributed by atoms with Crippen LogP contribution in [0.5, 0.6) is 0 Å². The van der Waals surface area contributed by atoms with E-state index in [1.807, 2.05) is 13.8 Å². The highest BCUT2D eigenvalue weighted by atomic mass is 14.0. The number of benzene rings is 2. The first kappa shape index (κ1) is 19.4. The third-order valence-corrected chi connectivity index (χ3v) is 3.55. The molecular weight excluding hydrogens is 252 g/mol. The molecule has 0 N–H and O–H groups in total. The normalized spacial score (nSPS) is 9.14. The summed E-state index contributed by atoms with van der Waals surface area (Å²) in [6.07, 6.45) is 1.15. The van der Waals surface area contributed by atoms with Crippen molar-refractivity contribution in [1.82, 2.24) is 0 Å². The van der Waals surface area contributed by atoms with Crippen LogP contribution < -0.4 is 0 Å². The van der Waals surface area contributed by atoms with Crippen molar-refractivity contribution in [2.45, 2.75) is 61.8 Å². The van der Waals surface area contributed by atoms with Crippen LogP contribution in [0.4, 0.5) is 0 Å².